The molecular weight excluding hydrogens is 272 g/mol. The van der Waals surface area contributed by atoms with Gasteiger partial charge in [-0.1, -0.05) is 30.3 Å². The summed E-state index contributed by atoms with van der Waals surface area (Å²) in [7, 11) is 0. The van der Waals surface area contributed by atoms with Crippen molar-refractivity contribution in [1.29, 1.82) is 0 Å². The second-order valence-electron chi connectivity index (χ2n) is 5.97. The van der Waals surface area contributed by atoms with Gasteiger partial charge in [0.2, 0.25) is 0 Å². The highest BCUT2D eigenvalue weighted by Crippen LogP contribution is 2.26. The van der Waals surface area contributed by atoms with Crippen LogP contribution >= 0.6 is 0 Å². The summed E-state index contributed by atoms with van der Waals surface area (Å²) in [5.74, 6) is 1.16. The molecule has 0 atom stereocenters. The van der Waals surface area contributed by atoms with Gasteiger partial charge in [0.15, 0.2) is 5.65 Å². The molecule has 0 unspecified atom stereocenters. The highest BCUT2D eigenvalue weighted by atomic mass is 15.3. The molecule has 1 saturated heterocycles. The second-order valence-corrected chi connectivity index (χ2v) is 5.97. The van der Waals surface area contributed by atoms with E-state index in [0.717, 1.165) is 41.5 Å². The van der Waals surface area contributed by atoms with E-state index in [1.165, 1.54) is 19.3 Å². The summed E-state index contributed by atoms with van der Waals surface area (Å²) >= 11 is 0. The molecular formula is C18H20N4. The maximum absolute atomic E-state index is 4.80. The maximum Gasteiger partial charge on any atom is 0.158 e. The lowest BCUT2D eigenvalue weighted by Crippen LogP contribution is -2.31. The van der Waals surface area contributed by atoms with E-state index in [4.69, 9.17) is 4.98 Å². The molecule has 0 aliphatic carbocycles. The summed E-state index contributed by atoms with van der Waals surface area (Å²) in [5.41, 5.74) is 4.12. The molecule has 1 aliphatic heterocycles. The molecule has 22 heavy (non-hydrogen) atoms. The Morgan fingerprint density at radius 3 is 2.50 bits per heavy atom. The zero-order valence-electron chi connectivity index (χ0n) is 12.9. The van der Waals surface area contributed by atoms with Gasteiger partial charge >= 0.3 is 0 Å². The summed E-state index contributed by atoms with van der Waals surface area (Å²) < 4.78 is 1.99. The number of piperidine rings is 1. The normalized spacial score (nSPS) is 15.4. The standard InChI is InChI=1S/C18H20N4/c1-14-12-17-19-16(15-8-4-2-5-9-15)13-18(22(17)20-14)21-10-6-3-7-11-21/h2,4-5,8-9,12-13H,3,6-7,10-11H2,1H3. The third kappa shape index (κ3) is 2.34. The van der Waals surface area contributed by atoms with Gasteiger partial charge in [-0.25, -0.2) is 4.98 Å². The first kappa shape index (κ1) is 13.3. The van der Waals surface area contributed by atoms with E-state index < -0.39 is 0 Å². The van der Waals surface area contributed by atoms with E-state index in [9.17, 15) is 0 Å². The number of benzene rings is 1. The number of hydrogen-bond donors (Lipinski definition) is 0. The minimum Gasteiger partial charge on any atom is -0.356 e. The van der Waals surface area contributed by atoms with Gasteiger partial charge in [-0.15, -0.1) is 0 Å². The van der Waals surface area contributed by atoms with Crippen molar-refractivity contribution in [3.63, 3.8) is 0 Å². The van der Waals surface area contributed by atoms with Crippen LogP contribution in [0.2, 0.25) is 0 Å². The predicted molar refractivity (Wildman–Crippen MR) is 89.2 cm³/mol. The van der Waals surface area contributed by atoms with Crippen LogP contribution in [0, 0.1) is 6.92 Å². The molecule has 4 heteroatoms. The first-order valence-corrected chi connectivity index (χ1v) is 7.99. The Labute approximate surface area is 130 Å². The number of rotatable bonds is 2. The molecule has 4 rings (SSSR count). The molecule has 1 fully saturated rings. The van der Waals surface area contributed by atoms with Gasteiger partial charge < -0.3 is 4.90 Å². The fourth-order valence-corrected chi connectivity index (χ4v) is 3.18. The van der Waals surface area contributed by atoms with E-state index in [-0.39, 0.29) is 0 Å². The zero-order valence-corrected chi connectivity index (χ0v) is 12.9. The van der Waals surface area contributed by atoms with Crippen molar-refractivity contribution in [2.24, 2.45) is 0 Å². The summed E-state index contributed by atoms with van der Waals surface area (Å²) in [4.78, 5) is 7.24. The highest BCUT2D eigenvalue weighted by molar-refractivity contribution is 5.67. The molecule has 3 heterocycles. The predicted octanol–water partition coefficient (Wildman–Crippen LogP) is 3.70. The van der Waals surface area contributed by atoms with Crippen molar-refractivity contribution in [3.05, 3.63) is 48.2 Å². The Bertz CT molecular complexity index is 785. The quantitative estimate of drug-likeness (QED) is 0.722. The largest absolute Gasteiger partial charge is 0.356 e. The van der Waals surface area contributed by atoms with Crippen LogP contribution in [-0.2, 0) is 0 Å². The monoisotopic (exact) mass is 292 g/mol. The van der Waals surface area contributed by atoms with Crippen LogP contribution in [0.1, 0.15) is 25.0 Å². The van der Waals surface area contributed by atoms with E-state index in [1.54, 1.807) is 0 Å². The van der Waals surface area contributed by atoms with Gasteiger partial charge in [-0.3, -0.25) is 0 Å². The third-order valence-corrected chi connectivity index (χ3v) is 4.28. The highest BCUT2D eigenvalue weighted by Gasteiger charge is 2.17. The summed E-state index contributed by atoms with van der Waals surface area (Å²) in [6.45, 7) is 4.23. The van der Waals surface area contributed by atoms with Crippen LogP contribution in [0.25, 0.3) is 16.9 Å². The third-order valence-electron chi connectivity index (χ3n) is 4.28. The Morgan fingerprint density at radius 1 is 0.955 bits per heavy atom. The van der Waals surface area contributed by atoms with Crippen LogP contribution in [-0.4, -0.2) is 27.7 Å². The van der Waals surface area contributed by atoms with Crippen molar-refractivity contribution >= 4 is 11.5 Å². The van der Waals surface area contributed by atoms with Gasteiger partial charge in [-0.2, -0.15) is 9.61 Å². The Hall–Kier alpha value is -2.36. The Kier molecular flexibility index (Phi) is 3.29. The molecule has 1 aliphatic rings. The fourth-order valence-electron chi connectivity index (χ4n) is 3.18. The fraction of sp³-hybridized carbons (Fsp3) is 0.333. The maximum atomic E-state index is 4.80. The number of nitrogens with zero attached hydrogens (tertiary/aromatic N) is 4. The van der Waals surface area contributed by atoms with Crippen molar-refractivity contribution in [2.75, 3.05) is 18.0 Å². The Morgan fingerprint density at radius 2 is 1.73 bits per heavy atom. The molecule has 0 amide bonds. The minimum absolute atomic E-state index is 0.930. The van der Waals surface area contributed by atoms with E-state index in [2.05, 4.69) is 46.4 Å². The van der Waals surface area contributed by atoms with E-state index in [0.29, 0.717) is 0 Å². The topological polar surface area (TPSA) is 33.4 Å². The number of anilines is 1. The number of aryl methyl sites for hydroxylation is 1. The summed E-state index contributed by atoms with van der Waals surface area (Å²) in [5, 5.41) is 4.64. The smallest absolute Gasteiger partial charge is 0.158 e. The molecule has 0 saturated carbocycles. The average molecular weight is 292 g/mol. The first-order chi connectivity index (χ1) is 10.8. The average Bonchev–Trinajstić information content (AvgIpc) is 2.95. The molecule has 0 bridgehead atoms. The SMILES string of the molecule is Cc1cc2nc(-c3ccccc3)cc(N3CCCCC3)n2n1. The molecule has 2 aromatic heterocycles. The molecule has 0 radical (unpaired) electrons. The van der Waals surface area contributed by atoms with E-state index >= 15 is 0 Å². The lowest BCUT2D eigenvalue weighted by atomic mass is 10.1. The first-order valence-electron chi connectivity index (χ1n) is 7.99. The molecule has 0 N–H and O–H groups in total. The number of fused-ring (bicyclic) bond motifs is 1. The van der Waals surface area contributed by atoms with Crippen LogP contribution < -0.4 is 4.90 Å². The van der Waals surface area contributed by atoms with Gasteiger partial charge in [0, 0.05) is 30.8 Å². The van der Waals surface area contributed by atoms with Crippen molar-refractivity contribution < 1.29 is 0 Å². The molecule has 1 aromatic carbocycles. The number of hydrogen-bond acceptors (Lipinski definition) is 3. The lowest BCUT2D eigenvalue weighted by Gasteiger charge is -2.29. The van der Waals surface area contributed by atoms with Gasteiger partial charge in [0.05, 0.1) is 11.4 Å². The van der Waals surface area contributed by atoms with Gasteiger partial charge in [0.1, 0.15) is 5.82 Å². The lowest BCUT2D eigenvalue weighted by molar-refractivity contribution is 0.568. The minimum atomic E-state index is 0.930. The molecule has 0 spiro atoms. The Balaban J connectivity index is 1.89. The van der Waals surface area contributed by atoms with Crippen LogP contribution in [0.3, 0.4) is 0 Å². The number of aromatic nitrogens is 3. The van der Waals surface area contributed by atoms with Crippen molar-refractivity contribution in [2.45, 2.75) is 26.2 Å². The van der Waals surface area contributed by atoms with Gasteiger partial charge in [-0.05, 0) is 26.2 Å². The van der Waals surface area contributed by atoms with Gasteiger partial charge in [0.25, 0.3) is 0 Å². The van der Waals surface area contributed by atoms with Crippen LogP contribution in [0.15, 0.2) is 42.5 Å². The second kappa shape index (κ2) is 5.44. The zero-order chi connectivity index (χ0) is 14.9. The molecule has 3 aromatic rings. The van der Waals surface area contributed by atoms with Crippen molar-refractivity contribution in [1.82, 2.24) is 14.6 Å². The summed E-state index contributed by atoms with van der Waals surface area (Å²) in [6.07, 6.45) is 3.84. The summed E-state index contributed by atoms with van der Waals surface area (Å²) in [6, 6.07) is 14.6. The van der Waals surface area contributed by atoms with Crippen molar-refractivity contribution in [3.8, 4) is 11.3 Å². The van der Waals surface area contributed by atoms with Crippen LogP contribution in [0.4, 0.5) is 5.82 Å². The molecule has 112 valence electrons. The molecule has 4 nitrogen and oxygen atoms in total. The van der Waals surface area contributed by atoms with Crippen LogP contribution in [0.5, 0.6) is 0 Å². The van der Waals surface area contributed by atoms with E-state index in [1.807, 2.05) is 17.5 Å².